The molecule has 0 unspecified atom stereocenters. The molecule has 0 rings (SSSR count). The van der Waals surface area contributed by atoms with Crippen molar-refractivity contribution < 1.29 is 4.84 Å². The van der Waals surface area contributed by atoms with Gasteiger partial charge in [0.15, 0.2) is 0 Å². The Hall–Kier alpha value is -0.530. The first kappa shape index (κ1) is 6.47. The van der Waals surface area contributed by atoms with Crippen molar-refractivity contribution in [3.05, 3.63) is 6.42 Å². The van der Waals surface area contributed by atoms with Gasteiger partial charge in [0.2, 0.25) is 0 Å². The van der Waals surface area contributed by atoms with Crippen LogP contribution in [-0.4, -0.2) is 13.3 Å². The fourth-order valence-electron chi connectivity index (χ4n) is 0.223. The van der Waals surface area contributed by atoms with Crippen molar-refractivity contribution in [3.63, 3.8) is 0 Å². The van der Waals surface area contributed by atoms with E-state index in [2.05, 4.69) is 9.99 Å². The van der Waals surface area contributed by atoms with Crippen molar-refractivity contribution in [2.75, 3.05) is 7.11 Å². The van der Waals surface area contributed by atoms with Crippen molar-refractivity contribution in [2.24, 2.45) is 5.16 Å². The molecule has 0 saturated carbocycles. The molecule has 0 atom stereocenters. The molecular weight excluding hydrogens is 90.1 g/mol. The van der Waals surface area contributed by atoms with Crippen LogP contribution in [0.1, 0.15) is 13.3 Å². The summed E-state index contributed by atoms with van der Waals surface area (Å²) in [6, 6.07) is 0. The molecule has 2 heteroatoms. The minimum absolute atomic E-state index is 0.883. The van der Waals surface area contributed by atoms with Gasteiger partial charge in [-0.2, -0.15) is 0 Å². The zero-order valence-corrected chi connectivity index (χ0v) is 4.72. The van der Waals surface area contributed by atoms with Crippen molar-refractivity contribution in [2.45, 2.75) is 13.3 Å². The molecule has 0 aromatic carbocycles. The normalized spacial score (nSPS) is 10.0. The summed E-state index contributed by atoms with van der Waals surface area (Å²) in [5, 5.41) is 3.51. The van der Waals surface area contributed by atoms with Gasteiger partial charge in [-0.3, -0.25) is 0 Å². The maximum Gasteiger partial charge on any atom is 0.106 e. The molecule has 0 spiro atoms. The average Bonchev–Trinajstić information content (AvgIpc) is 1.69. The first-order chi connectivity index (χ1) is 3.41. The molecule has 2 nitrogen and oxygen atoms in total. The first-order valence-electron chi connectivity index (χ1n) is 2.24. The van der Waals surface area contributed by atoms with Gasteiger partial charge < -0.3 is 4.84 Å². The second kappa shape index (κ2) is 5.47. The fraction of sp³-hybridized carbons (Fsp3) is 0.600. The lowest BCUT2D eigenvalue weighted by Crippen LogP contribution is -1.73. The van der Waals surface area contributed by atoms with Gasteiger partial charge in [0.05, 0.1) is 0 Å². The van der Waals surface area contributed by atoms with Gasteiger partial charge in [-0.05, 0) is 12.8 Å². The Bertz CT molecular complexity index is 52.0. The van der Waals surface area contributed by atoms with E-state index >= 15 is 0 Å². The van der Waals surface area contributed by atoms with Gasteiger partial charge in [0.25, 0.3) is 0 Å². The predicted octanol–water partition coefficient (Wildman–Crippen LogP) is 1.23. The molecule has 7 heavy (non-hydrogen) atoms. The van der Waals surface area contributed by atoms with Gasteiger partial charge in [-0.25, -0.2) is 0 Å². The lowest BCUT2D eigenvalue weighted by molar-refractivity contribution is 0.215. The van der Waals surface area contributed by atoms with Crippen molar-refractivity contribution in [1.82, 2.24) is 0 Å². The van der Waals surface area contributed by atoms with Gasteiger partial charge in [0, 0.05) is 6.21 Å². The van der Waals surface area contributed by atoms with Crippen LogP contribution in [0.4, 0.5) is 0 Å². The summed E-state index contributed by atoms with van der Waals surface area (Å²) >= 11 is 0. The number of hydrogen-bond acceptors (Lipinski definition) is 2. The van der Waals surface area contributed by atoms with Crippen molar-refractivity contribution in [3.8, 4) is 0 Å². The van der Waals surface area contributed by atoms with Crippen LogP contribution in [0.3, 0.4) is 0 Å². The van der Waals surface area contributed by atoms with Crippen molar-refractivity contribution in [1.29, 1.82) is 0 Å². The van der Waals surface area contributed by atoms with E-state index < -0.39 is 0 Å². The summed E-state index contributed by atoms with van der Waals surface area (Å²) in [5.74, 6) is 0. The minimum atomic E-state index is 0.883. The summed E-state index contributed by atoms with van der Waals surface area (Å²) in [7, 11) is 1.53. The third-order valence-corrected chi connectivity index (χ3v) is 0.521. The number of hydrogen-bond donors (Lipinski definition) is 0. The van der Waals surface area contributed by atoms with E-state index in [9.17, 15) is 0 Å². The molecule has 0 amide bonds. The average molecular weight is 100 g/mol. The molecule has 0 aromatic heterocycles. The van der Waals surface area contributed by atoms with Crippen LogP contribution in [0.5, 0.6) is 0 Å². The largest absolute Gasteiger partial charge is 0.399 e. The molecule has 0 fully saturated rings. The van der Waals surface area contributed by atoms with E-state index in [4.69, 9.17) is 0 Å². The Morgan fingerprint density at radius 2 is 2.43 bits per heavy atom. The predicted molar refractivity (Wildman–Crippen MR) is 30.1 cm³/mol. The molecule has 0 heterocycles. The summed E-state index contributed by atoms with van der Waals surface area (Å²) in [6.45, 7) is 1.97. The van der Waals surface area contributed by atoms with Crippen LogP contribution in [0.25, 0.3) is 0 Å². The Labute approximate surface area is 44.2 Å². The number of rotatable bonds is 3. The Balaban J connectivity index is 2.78. The van der Waals surface area contributed by atoms with Crippen LogP contribution >= 0.6 is 0 Å². The smallest absolute Gasteiger partial charge is 0.106 e. The van der Waals surface area contributed by atoms with Crippen LogP contribution in [-0.2, 0) is 4.84 Å². The quantitative estimate of drug-likeness (QED) is 0.386. The van der Waals surface area contributed by atoms with E-state index in [0.717, 1.165) is 6.42 Å². The lowest BCUT2D eigenvalue weighted by Gasteiger charge is -1.81. The third kappa shape index (κ3) is 5.47. The standard InChI is InChI=1S/C5H10NO/c1-3-4-5-6-7-2/h3,5H,4H2,1-2H3. The molecule has 0 bridgehead atoms. The van der Waals surface area contributed by atoms with Crippen LogP contribution < -0.4 is 0 Å². The van der Waals surface area contributed by atoms with E-state index in [-0.39, 0.29) is 0 Å². The summed E-state index contributed by atoms with van der Waals surface area (Å²) in [5.41, 5.74) is 0. The van der Waals surface area contributed by atoms with Crippen molar-refractivity contribution >= 4 is 6.21 Å². The van der Waals surface area contributed by atoms with E-state index in [0.29, 0.717) is 0 Å². The molecule has 0 aliphatic carbocycles. The first-order valence-corrected chi connectivity index (χ1v) is 2.24. The van der Waals surface area contributed by atoms with Gasteiger partial charge in [-0.1, -0.05) is 12.1 Å². The van der Waals surface area contributed by atoms with E-state index in [1.54, 1.807) is 6.21 Å². The van der Waals surface area contributed by atoms with Gasteiger partial charge in [-0.15, -0.1) is 0 Å². The maximum absolute atomic E-state index is 4.39. The second-order valence-corrected chi connectivity index (χ2v) is 1.11. The zero-order chi connectivity index (χ0) is 5.54. The van der Waals surface area contributed by atoms with Crippen LogP contribution in [0.2, 0.25) is 0 Å². The van der Waals surface area contributed by atoms with Crippen LogP contribution in [0.15, 0.2) is 5.16 Å². The molecular formula is C5H10NO. The minimum Gasteiger partial charge on any atom is -0.399 e. The number of unbranched alkanes of at least 4 members (excludes halogenated alkanes) is 1. The number of nitrogens with zero attached hydrogens (tertiary/aromatic N) is 1. The highest BCUT2D eigenvalue weighted by Crippen LogP contribution is 1.77. The maximum atomic E-state index is 4.39. The molecule has 0 aliphatic rings. The summed E-state index contributed by atoms with van der Waals surface area (Å²) in [6.07, 6.45) is 4.59. The Kier molecular flexibility index (Phi) is 5.06. The van der Waals surface area contributed by atoms with Gasteiger partial charge in [0.1, 0.15) is 7.11 Å². The second-order valence-electron chi connectivity index (χ2n) is 1.11. The highest BCUT2D eigenvalue weighted by atomic mass is 16.6. The Morgan fingerprint density at radius 3 is 2.86 bits per heavy atom. The summed E-state index contributed by atoms with van der Waals surface area (Å²) < 4.78 is 0. The topological polar surface area (TPSA) is 21.6 Å². The molecule has 1 radical (unpaired) electrons. The van der Waals surface area contributed by atoms with Crippen LogP contribution in [0, 0.1) is 6.42 Å². The highest BCUT2D eigenvalue weighted by molar-refractivity contribution is 5.57. The third-order valence-electron chi connectivity index (χ3n) is 0.521. The summed E-state index contributed by atoms with van der Waals surface area (Å²) in [4.78, 5) is 4.39. The molecule has 0 N–H and O–H groups in total. The highest BCUT2D eigenvalue weighted by Gasteiger charge is 1.69. The molecule has 0 aliphatic heterocycles. The Morgan fingerprint density at radius 1 is 1.71 bits per heavy atom. The number of oxime groups is 1. The van der Waals surface area contributed by atoms with Gasteiger partial charge >= 0.3 is 0 Å². The zero-order valence-electron chi connectivity index (χ0n) is 4.72. The SMILES string of the molecule is C[CH]CC=NOC. The molecule has 0 saturated heterocycles. The molecule has 0 aromatic rings. The monoisotopic (exact) mass is 100 g/mol. The van der Waals surface area contributed by atoms with E-state index in [1.165, 1.54) is 7.11 Å². The van der Waals surface area contributed by atoms with E-state index in [1.807, 2.05) is 13.3 Å². The lowest BCUT2D eigenvalue weighted by atomic mass is 10.4. The molecule has 41 valence electrons. The fourth-order valence-corrected chi connectivity index (χ4v) is 0.223.